The smallest absolute Gasteiger partial charge is 0.140 e. The summed E-state index contributed by atoms with van der Waals surface area (Å²) in [7, 11) is 0. The molecule has 1 N–H and O–H groups in total. The van der Waals surface area contributed by atoms with Gasteiger partial charge in [0.25, 0.3) is 0 Å². The molecule has 2 aromatic heterocycles. The van der Waals surface area contributed by atoms with Crippen molar-refractivity contribution in [3.63, 3.8) is 0 Å². The van der Waals surface area contributed by atoms with Crippen LogP contribution in [0.3, 0.4) is 0 Å². The van der Waals surface area contributed by atoms with E-state index < -0.39 is 0 Å². The third kappa shape index (κ3) is 3.30. The lowest BCUT2D eigenvalue weighted by molar-refractivity contribution is 0.801. The number of nitrogens with zero attached hydrogens (tertiary/aromatic N) is 3. The second-order valence-corrected chi connectivity index (χ2v) is 5.56. The Labute approximate surface area is 117 Å². The van der Waals surface area contributed by atoms with Gasteiger partial charge in [-0.3, -0.25) is 0 Å². The third-order valence-corrected chi connectivity index (χ3v) is 3.90. The molecule has 19 heavy (non-hydrogen) atoms. The van der Waals surface area contributed by atoms with Crippen molar-refractivity contribution in [2.45, 2.75) is 32.7 Å². The highest BCUT2D eigenvalue weighted by Crippen LogP contribution is 2.24. The summed E-state index contributed by atoms with van der Waals surface area (Å²) in [6.45, 7) is 6.36. The minimum Gasteiger partial charge on any atom is -0.376 e. The Kier molecular flexibility index (Phi) is 4.13. The second kappa shape index (κ2) is 5.81. The third-order valence-electron chi connectivity index (χ3n) is 2.74. The fraction of sp³-hybridized carbons (Fsp3) is 0.357. The first-order valence-electron chi connectivity index (χ1n) is 6.18. The Morgan fingerprint density at radius 3 is 2.63 bits per heavy atom. The van der Waals surface area contributed by atoms with E-state index in [-0.39, 0.29) is 6.04 Å². The number of nitriles is 1. The zero-order chi connectivity index (χ0) is 13.8. The van der Waals surface area contributed by atoms with Gasteiger partial charge in [-0.25, -0.2) is 9.97 Å². The molecule has 2 rings (SSSR count). The van der Waals surface area contributed by atoms with Crippen LogP contribution in [0.15, 0.2) is 23.7 Å². The Morgan fingerprint density at radius 2 is 2.11 bits per heavy atom. The van der Waals surface area contributed by atoms with E-state index in [9.17, 15) is 0 Å². The van der Waals surface area contributed by atoms with Crippen LogP contribution in [0.25, 0.3) is 0 Å². The van der Waals surface area contributed by atoms with Crippen molar-refractivity contribution in [2.24, 2.45) is 0 Å². The van der Waals surface area contributed by atoms with Gasteiger partial charge in [0.15, 0.2) is 0 Å². The number of thiazole rings is 1. The highest BCUT2D eigenvalue weighted by Gasteiger charge is 2.11. The van der Waals surface area contributed by atoms with Gasteiger partial charge in [0.05, 0.1) is 28.6 Å². The number of nitrogens with one attached hydrogen (secondary N) is 1. The van der Waals surface area contributed by atoms with Crippen LogP contribution in [0.1, 0.15) is 49.1 Å². The molecule has 0 aliphatic heterocycles. The van der Waals surface area contributed by atoms with Gasteiger partial charge in [0, 0.05) is 11.3 Å². The van der Waals surface area contributed by atoms with Crippen molar-refractivity contribution in [2.75, 3.05) is 5.32 Å². The van der Waals surface area contributed by atoms with Gasteiger partial charge in [0.1, 0.15) is 11.8 Å². The van der Waals surface area contributed by atoms with E-state index in [1.165, 1.54) is 0 Å². The fourth-order valence-electron chi connectivity index (χ4n) is 1.63. The lowest BCUT2D eigenvalue weighted by Gasteiger charge is -2.12. The summed E-state index contributed by atoms with van der Waals surface area (Å²) in [5.74, 6) is 0.461. The largest absolute Gasteiger partial charge is 0.376 e. The van der Waals surface area contributed by atoms with Crippen molar-refractivity contribution in [1.82, 2.24) is 9.97 Å². The van der Waals surface area contributed by atoms with E-state index in [1.807, 2.05) is 12.1 Å². The van der Waals surface area contributed by atoms with Crippen LogP contribution < -0.4 is 5.32 Å². The van der Waals surface area contributed by atoms with Gasteiger partial charge in [-0.1, -0.05) is 13.8 Å². The quantitative estimate of drug-likeness (QED) is 0.921. The molecule has 2 heterocycles. The van der Waals surface area contributed by atoms with Gasteiger partial charge in [0.2, 0.25) is 0 Å². The maximum atomic E-state index is 8.70. The van der Waals surface area contributed by atoms with Crippen molar-refractivity contribution in [3.05, 3.63) is 40.1 Å². The van der Waals surface area contributed by atoms with Crippen LogP contribution in [0.4, 0.5) is 5.69 Å². The van der Waals surface area contributed by atoms with Gasteiger partial charge in [-0.2, -0.15) is 5.26 Å². The summed E-state index contributed by atoms with van der Waals surface area (Å²) < 4.78 is 0. The summed E-state index contributed by atoms with van der Waals surface area (Å²) in [6, 6.07) is 5.69. The topological polar surface area (TPSA) is 61.6 Å². The Bertz CT molecular complexity index is 580. The minimum absolute atomic E-state index is 0.124. The van der Waals surface area contributed by atoms with Crippen LogP contribution in [0, 0.1) is 11.3 Å². The molecule has 5 heteroatoms. The first kappa shape index (κ1) is 13.5. The van der Waals surface area contributed by atoms with Crippen molar-refractivity contribution in [3.8, 4) is 6.07 Å². The number of hydrogen-bond donors (Lipinski definition) is 1. The highest BCUT2D eigenvalue weighted by atomic mass is 32.1. The molecule has 0 saturated heterocycles. The Balaban J connectivity index is 2.07. The summed E-state index contributed by atoms with van der Waals surface area (Å²) in [4.78, 5) is 8.66. The molecule has 0 unspecified atom stereocenters. The van der Waals surface area contributed by atoms with Gasteiger partial charge in [-0.15, -0.1) is 11.3 Å². The fourth-order valence-corrected chi connectivity index (χ4v) is 2.56. The maximum Gasteiger partial charge on any atom is 0.140 e. The van der Waals surface area contributed by atoms with Crippen LogP contribution in [0.2, 0.25) is 0 Å². The van der Waals surface area contributed by atoms with E-state index in [4.69, 9.17) is 5.26 Å². The van der Waals surface area contributed by atoms with E-state index in [2.05, 4.69) is 41.4 Å². The van der Waals surface area contributed by atoms with Gasteiger partial charge < -0.3 is 5.32 Å². The van der Waals surface area contributed by atoms with Gasteiger partial charge in [-0.05, 0) is 19.1 Å². The summed E-state index contributed by atoms with van der Waals surface area (Å²) in [5.41, 5.74) is 2.36. The summed E-state index contributed by atoms with van der Waals surface area (Å²) in [6.07, 6.45) is 1.67. The van der Waals surface area contributed by atoms with Crippen molar-refractivity contribution >= 4 is 17.0 Å². The molecule has 0 spiro atoms. The van der Waals surface area contributed by atoms with Crippen LogP contribution in [-0.4, -0.2) is 9.97 Å². The van der Waals surface area contributed by atoms with Crippen LogP contribution >= 0.6 is 11.3 Å². The van der Waals surface area contributed by atoms with Gasteiger partial charge >= 0.3 is 0 Å². The summed E-state index contributed by atoms with van der Waals surface area (Å²) >= 11 is 1.69. The maximum absolute atomic E-state index is 8.70. The van der Waals surface area contributed by atoms with Crippen molar-refractivity contribution < 1.29 is 0 Å². The molecular formula is C14H16N4S. The number of rotatable bonds is 4. The molecule has 2 aromatic rings. The summed E-state index contributed by atoms with van der Waals surface area (Å²) in [5, 5.41) is 15.3. The molecule has 4 nitrogen and oxygen atoms in total. The Morgan fingerprint density at radius 1 is 1.32 bits per heavy atom. The molecule has 1 atom stereocenters. The number of aromatic nitrogens is 2. The van der Waals surface area contributed by atoms with Crippen LogP contribution in [0.5, 0.6) is 0 Å². The second-order valence-electron chi connectivity index (χ2n) is 4.68. The van der Waals surface area contributed by atoms with E-state index in [0.29, 0.717) is 11.6 Å². The zero-order valence-corrected chi connectivity index (χ0v) is 12.0. The lowest BCUT2D eigenvalue weighted by atomic mass is 10.2. The molecule has 98 valence electrons. The van der Waals surface area contributed by atoms with E-state index in [1.54, 1.807) is 23.6 Å². The highest BCUT2D eigenvalue weighted by molar-refractivity contribution is 7.09. The molecule has 0 aliphatic rings. The Hall–Kier alpha value is -1.93. The van der Waals surface area contributed by atoms with E-state index >= 15 is 0 Å². The molecular weight excluding hydrogens is 256 g/mol. The molecule has 0 aliphatic carbocycles. The number of pyridine rings is 1. The monoisotopic (exact) mass is 272 g/mol. The average molecular weight is 272 g/mol. The predicted octanol–water partition coefficient (Wildman–Crippen LogP) is 3.71. The molecule has 0 aromatic carbocycles. The number of anilines is 1. The minimum atomic E-state index is 0.124. The number of hydrogen-bond acceptors (Lipinski definition) is 5. The molecule has 0 bridgehead atoms. The SMILES string of the molecule is CC(C)c1nc([C@H](C)Nc2ccc(C#N)nc2)cs1. The first-order chi connectivity index (χ1) is 9.10. The molecule has 0 saturated carbocycles. The molecule has 0 radical (unpaired) electrons. The molecule has 0 amide bonds. The lowest BCUT2D eigenvalue weighted by Crippen LogP contribution is -2.07. The normalized spacial score (nSPS) is 12.2. The predicted molar refractivity (Wildman–Crippen MR) is 77.2 cm³/mol. The first-order valence-corrected chi connectivity index (χ1v) is 7.06. The van der Waals surface area contributed by atoms with Crippen molar-refractivity contribution in [1.29, 1.82) is 5.26 Å². The van der Waals surface area contributed by atoms with E-state index in [0.717, 1.165) is 16.4 Å². The zero-order valence-electron chi connectivity index (χ0n) is 11.2. The molecule has 0 fully saturated rings. The van der Waals surface area contributed by atoms with Crippen LogP contribution in [-0.2, 0) is 0 Å². The standard InChI is InChI=1S/C14H16N4S/c1-9(2)14-18-13(8-19-14)10(3)17-12-5-4-11(6-15)16-7-12/h4-5,7-10,17H,1-3H3/t10-/m0/s1. The average Bonchev–Trinajstić information content (AvgIpc) is 2.89.